The first-order valence-corrected chi connectivity index (χ1v) is 7.12. The van der Waals surface area contributed by atoms with Crippen LogP contribution in [0.15, 0.2) is 18.2 Å². The van der Waals surface area contributed by atoms with E-state index in [1.165, 1.54) is 42.4 Å². The van der Waals surface area contributed by atoms with E-state index in [1.807, 2.05) is 0 Å². The Balaban J connectivity index is 2.21. The van der Waals surface area contributed by atoms with Crippen LogP contribution in [0, 0.1) is 30.6 Å². The van der Waals surface area contributed by atoms with Gasteiger partial charge in [-0.3, -0.25) is 0 Å². The van der Waals surface area contributed by atoms with Crippen molar-refractivity contribution in [2.75, 3.05) is 0 Å². The van der Waals surface area contributed by atoms with E-state index < -0.39 is 0 Å². The molecule has 0 bridgehead atoms. The standard InChI is InChI=1S/C17H23N/c1-14-9-15(2)11-16(10-14)12-17(13-18)7-5-3-4-6-8-17/h9-11H,3-8,12H2,1-2H3. The molecule has 0 spiro atoms. The Bertz CT molecular complexity index is 425. The summed E-state index contributed by atoms with van der Waals surface area (Å²) in [6.07, 6.45) is 8.14. The average molecular weight is 241 g/mol. The molecule has 0 atom stereocenters. The molecular formula is C17H23N. The van der Waals surface area contributed by atoms with Crippen molar-refractivity contribution >= 4 is 0 Å². The SMILES string of the molecule is Cc1cc(C)cc(CC2(C#N)CCCCCC2)c1. The molecule has 0 aromatic heterocycles. The topological polar surface area (TPSA) is 23.8 Å². The van der Waals surface area contributed by atoms with Crippen LogP contribution >= 0.6 is 0 Å². The molecule has 1 aromatic carbocycles. The van der Waals surface area contributed by atoms with Gasteiger partial charge in [0.05, 0.1) is 11.5 Å². The van der Waals surface area contributed by atoms with Gasteiger partial charge in [0.2, 0.25) is 0 Å². The largest absolute Gasteiger partial charge is 0.198 e. The highest BCUT2D eigenvalue weighted by Crippen LogP contribution is 2.37. The molecule has 0 unspecified atom stereocenters. The van der Waals surface area contributed by atoms with E-state index in [2.05, 4.69) is 38.1 Å². The van der Waals surface area contributed by atoms with Crippen molar-refractivity contribution in [3.8, 4) is 6.07 Å². The molecule has 0 radical (unpaired) electrons. The smallest absolute Gasteiger partial charge is 0.0693 e. The summed E-state index contributed by atoms with van der Waals surface area (Å²) in [7, 11) is 0. The van der Waals surface area contributed by atoms with E-state index in [1.54, 1.807) is 0 Å². The lowest BCUT2D eigenvalue weighted by atomic mass is 9.76. The number of nitrogens with zero attached hydrogens (tertiary/aromatic N) is 1. The molecule has 0 heterocycles. The maximum absolute atomic E-state index is 9.62. The zero-order valence-electron chi connectivity index (χ0n) is 11.6. The lowest BCUT2D eigenvalue weighted by molar-refractivity contribution is 0.339. The lowest BCUT2D eigenvalue weighted by Crippen LogP contribution is -2.21. The Morgan fingerprint density at radius 3 is 2.06 bits per heavy atom. The quantitative estimate of drug-likeness (QED) is 0.688. The Morgan fingerprint density at radius 2 is 1.56 bits per heavy atom. The van der Waals surface area contributed by atoms with Crippen LogP contribution in [0.1, 0.15) is 55.2 Å². The minimum atomic E-state index is -0.100. The number of hydrogen-bond acceptors (Lipinski definition) is 1. The van der Waals surface area contributed by atoms with Crippen molar-refractivity contribution < 1.29 is 0 Å². The highest BCUT2D eigenvalue weighted by Gasteiger charge is 2.31. The van der Waals surface area contributed by atoms with Crippen molar-refractivity contribution in [2.45, 2.75) is 58.8 Å². The molecule has 1 fully saturated rings. The second-order valence-corrected chi connectivity index (χ2v) is 5.98. The van der Waals surface area contributed by atoms with Crippen LogP contribution in [-0.2, 0) is 6.42 Å². The summed E-state index contributed by atoms with van der Waals surface area (Å²) in [5, 5.41) is 9.62. The minimum Gasteiger partial charge on any atom is -0.198 e. The fourth-order valence-electron chi connectivity index (χ4n) is 3.30. The first kappa shape index (κ1) is 13.1. The minimum absolute atomic E-state index is 0.100. The molecule has 1 nitrogen and oxygen atoms in total. The molecule has 0 aliphatic heterocycles. The number of nitriles is 1. The summed E-state index contributed by atoms with van der Waals surface area (Å²) in [6.45, 7) is 4.28. The molecule has 1 aromatic rings. The zero-order valence-corrected chi connectivity index (χ0v) is 11.6. The molecular weight excluding hydrogens is 218 g/mol. The van der Waals surface area contributed by atoms with Gasteiger partial charge in [-0.2, -0.15) is 5.26 Å². The van der Waals surface area contributed by atoms with Crippen LogP contribution in [0.3, 0.4) is 0 Å². The Morgan fingerprint density at radius 1 is 1.00 bits per heavy atom. The van der Waals surface area contributed by atoms with E-state index in [9.17, 15) is 5.26 Å². The molecule has 2 rings (SSSR count). The molecule has 0 N–H and O–H groups in total. The van der Waals surface area contributed by atoms with Gasteiger partial charge < -0.3 is 0 Å². The van der Waals surface area contributed by atoms with Gasteiger partial charge in [0.25, 0.3) is 0 Å². The first-order chi connectivity index (χ1) is 8.63. The van der Waals surface area contributed by atoms with Gasteiger partial charge in [-0.25, -0.2) is 0 Å². The summed E-state index contributed by atoms with van der Waals surface area (Å²) >= 11 is 0. The fraction of sp³-hybridized carbons (Fsp3) is 0.588. The number of rotatable bonds is 2. The number of benzene rings is 1. The van der Waals surface area contributed by atoms with E-state index >= 15 is 0 Å². The van der Waals surface area contributed by atoms with Crippen molar-refractivity contribution in [3.63, 3.8) is 0 Å². The molecule has 1 saturated carbocycles. The van der Waals surface area contributed by atoms with Gasteiger partial charge in [0.1, 0.15) is 0 Å². The van der Waals surface area contributed by atoms with E-state index in [0.717, 1.165) is 19.3 Å². The maximum atomic E-state index is 9.62. The predicted octanol–water partition coefficient (Wildman–Crippen LogP) is 4.71. The highest BCUT2D eigenvalue weighted by molar-refractivity contribution is 5.30. The second-order valence-electron chi connectivity index (χ2n) is 5.98. The van der Waals surface area contributed by atoms with Crippen LogP contribution in [0.4, 0.5) is 0 Å². The summed E-state index contributed by atoms with van der Waals surface area (Å²) in [4.78, 5) is 0. The fourth-order valence-corrected chi connectivity index (χ4v) is 3.30. The molecule has 18 heavy (non-hydrogen) atoms. The predicted molar refractivity (Wildman–Crippen MR) is 75.4 cm³/mol. The normalized spacial score (nSPS) is 18.9. The van der Waals surface area contributed by atoms with Crippen LogP contribution < -0.4 is 0 Å². The molecule has 0 saturated heterocycles. The van der Waals surface area contributed by atoms with E-state index in [4.69, 9.17) is 0 Å². The average Bonchev–Trinajstić information content (AvgIpc) is 2.54. The summed E-state index contributed by atoms with van der Waals surface area (Å²) in [5.41, 5.74) is 3.87. The Labute approximate surface area is 111 Å². The number of aryl methyl sites for hydroxylation is 2. The second kappa shape index (κ2) is 5.57. The van der Waals surface area contributed by atoms with Gasteiger partial charge in [-0.05, 0) is 38.7 Å². The van der Waals surface area contributed by atoms with E-state index in [0.29, 0.717) is 0 Å². The molecule has 1 heteroatoms. The summed E-state index contributed by atoms with van der Waals surface area (Å²) in [5.74, 6) is 0. The maximum Gasteiger partial charge on any atom is 0.0693 e. The zero-order chi connectivity index (χ0) is 13.0. The number of hydrogen-bond donors (Lipinski definition) is 0. The summed E-state index contributed by atoms with van der Waals surface area (Å²) < 4.78 is 0. The monoisotopic (exact) mass is 241 g/mol. The van der Waals surface area contributed by atoms with Gasteiger partial charge in [0.15, 0.2) is 0 Å². The highest BCUT2D eigenvalue weighted by atomic mass is 14.4. The van der Waals surface area contributed by atoms with Gasteiger partial charge >= 0.3 is 0 Å². The lowest BCUT2D eigenvalue weighted by Gasteiger charge is -2.25. The molecule has 96 valence electrons. The van der Waals surface area contributed by atoms with Crippen molar-refractivity contribution in [1.29, 1.82) is 5.26 Å². The Kier molecular flexibility index (Phi) is 4.07. The third-order valence-corrected chi connectivity index (χ3v) is 4.12. The van der Waals surface area contributed by atoms with Gasteiger partial charge in [-0.1, -0.05) is 55.0 Å². The third-order valence-electron chi connectivity index (χ3n) is 4.12. The van der Waals surface area contributed by atoms with Crippen LogP contribution in [0.25, 0.3) is 0 Å². The van der Waals surface area contributed by atoms with Gasteiger partial charge in [-0.15, -0.1) is 0 Å². The van der Waals surface area contributed by atoms with Gasteiger partial charge in [0, 0.05) is 0 Å². The molecule has 1 aliphatic carbocycles. The van der Waals surface area contributed by atoms with Crippen molar-refractivity contribution in [3.05, 3.63) is 34.9 Å². The van der Waals surface area contributed by atoms with Crippen LogP contribution in [-0.4, -0.2) is 0 Å². The van der Waals surface area contributed by atoms with Crippen molar-refractivity contribution in [2.24, 2.45) is 5.41 Å². The molecule has 0 amide bonds. The Hall–Kier alpha value is -1.29. The van der Waals surface area contributed by atoms with Crippen LogP contribution in [0.5, 0.6) is 0 Å². The summed E-state index contributed by atoms with van der Waals surface area (Å²) in [6, 6.07) is 9.34. The molecule has 1 aliphatic rings. The third kappa shape index (κ3) is 3.13. The van der Waals surface area contributed by atoms with Crippen LogP contribution in [0.2, 0.25) is 0 Å². The van der Waals surface area contributed by atoms with Crippen molar-refractivity contribution in [1.82, 2.24) is 0 Å². The first-order valence-electron chi connectivity index (χ1n) is 7.12. The van der Waals surface area contributed by atoms with E-state index in [-0.39, 0.29) is 5.41 Å².